The van der Waals surface area contributed by atoms with Gasteiger partial charge in [-0.1, -0.05) is 6.42 Å². The summed E-state index contributed by atoms with van der Waals surface area (Å²) >= 11 is 0. The zero-order valence-corrected chi connectivity index (χ0v) is 10.5. The number of hydrogen-bond acceptors (Lipinski definition) is 3. The molecule has 0 bridgehead atoms. The van der Waals surface area contributed by atoms with Crippen LogP contribution in [0.1, 0.15) is 24.8 Å². The third kappa shape index (κ3) is 2.29. The van der Waals surface area contributed by atoms with Gasteiger partial charge in [0.15, 0.2) is 0 Å². The van der Waals surface area contributed by atoms with Gasteiger partial charge in [0, 0.05) is 32.9 Å². The molecule has 2 aliphatic rings. The molecule has 2 fully saturated rings. The van der Waals surface area contributed by atoms with Crippen LogP contribution in [0, 0.1) is 11.8 Å². The SMILES string of the molecule is CNc1cc(CN2CC3CCCC3C2)ccn1. The van der Waals surface area contributed by atoms with Gasteiger partial charge < -0.3 is 5.32 Å². The van der Waals surface area contributed by atoms with E-state index in [0.29, 0.717) is 0 Å². The highest BCUT2D eigenvalue weighted by Gasteiger charge is 2.35. The molecule has 1 saturated heterocycles. The van der Waals surface area contributed by atoms with Crippen LogP contribution >= 0.6 is 0 Å². The van der Waals surface area contributed by atoms with E-state index in [1.807, 2.05) is 13.2 Å². The summed E-state index contributed by atoms with van der Waals surface area (Å²) < 4.78 is 0. The minimum atomic E-state index is 0.974. The normalized spacial score (nSPS) is 28.3. The van der Waals surface area contributed by atoms with Gasteiger partial charge >= 0.3 is 0 Å². The third-order valence-electron chi connectivity index (χ3n) is 4.29. The van der Waals surface area contributed by atoms with Crippen molar-refractivity contribution in [2.75, 3.05) is 25.5 Å². The van der Waals surface area contributed by atoms with E-state index in [1.165, 1.54) is 37.9 Å². The van der Waals surface area contributed by atoms with Gasteiger partial charge in [0.25, 0.3) is 0 Å². The van der Waals surface area contributed by atoms with Crippen LogP contribution in [0.4, 0.5) is 5.82 Å². The maximum atomic E-state index is 4.26. The molecule has 0 amide bonds. The molecule has 1 aromatic heterocycles. The van der Waals surface area contributed by atoms with E-state index in [2.05, 4.69) is 27.3 Å². The lowest BCUT2D eigenvalue weighted by Gasteiger charge is -2.17. The zero-order chi connectivity index (χ0) is 11.7. The van der Waals surface area contributed by atoms with Gasteiger partial charge in [-0.2, -0.15) is 0 Å². The Kier molecular flexibility index (Phi) is 3.02. The van der Waals surface area contributed by atoms with Gasteiger partial charge in [0.2, 0.25) is 0 Å². The molecule has 2 heterocycles. The lowest BCUT2D eigenvalue weighted by Crippen LogP contribution is -2.21. The predicted molar refractivity (Wildman–Crippen MR) is 69.9 cm³/mol. The van der Waals surface area contributed by atoms with Crippen molar-refractivity contribution in [1.29, 1.82) is 0 Å². The predicted octanol–water partition coefficient (Wildman–Crippen LogP) is 2.36. The first-order chi connectivity index (χ1) is 8.35. The number of rotatable bonds is 3. The van der Waals surface area contributed by atoms with Crippen molar-refractivity contribution in [3.63, 3.8) is 0 Å². The summed E-state index contributed by atoms with van der Waals surface area (Å²) in [7, 11) is 1.92. The van der Waals surface area contributed by atoms with Crippen molar-refractivity contribution in [2.45, 2.75) is 25.8 Å². The van der Waals surface area contributed by atoms with Crippen molar-refractivity contribution in [3.8, 4) is 0 Å². The van der Waals surface area contributed by atoms with Gasteiger partial charge in [0.05, 0.1) is 0 Å². The van der Waals surface area contributed by atoms with Crippen molar-refractivity contribution in [1.82, 2.24) is 9.88 Å². The number of anilines is 1. The number of fused-ring (bicyclic) bond motifs is 1. The molecule has 1 N–H and O–H groups in total. The first kappa shape index (κ1) is 11.0. The molecule has 0 aromatic carbocycles. The molecule has 1 aliphatic carbocycles. The molecule has 1 aliphatic heterocycles. The number of likely N-dealkylation sites (tertiary alicyclic amines) is 1. The summed E-state index contributed by atoms with van der Waals surface area (Å²) in [4.78, 5) is 6.87. The fourth-order valence-electron chi connectivity index (χ4n) is 3.43. The molecule has 0 spiro atoms. The second-order valence-electron chi connectivity index (χ2n) is 5.44. The van der Waals surface area contributed by atoms with Crippen LogP contribution < -0.4 is 5.32 Å². The molecule has 3 heteroatoms. The number of hydrogen-bond donors (Lipinski definition) is 1. The summed E-state index contributed by atoms with van der Waals surface area (Å²) in [5.74, 6) is 2.95. The summed E-state index contributed by atoms with van der Waals surface area (Å²) in [6.45, 7) is 3.70. The maximum absolute atomic E-state index is 4.26. The number of pyridine rings is 1. The van der Waals surface area contributed by atoms with E-state index in [9.17, 15) is 0 Å². The van der Waals surface area contributed by atoms with Crippen LogP contribution in [0.15, 0.2) is 18.3 Å². The van der Waals surface area contributed by atoms with Crippen molar-refractivity contribution in [3.05, 3.63) is 23.9 Å². The maximum Gasteiger partial charge on any atom is 0.125 e. The van der Waals surface area contributed by atoms with Crippen molar-refractivity contribution >= 4 is 5.82 Å². The molecule has 92 valence electrons. The topological polar surface area (TPSA) is 28.2 Å². The number of nitrogens with one attached hydrogen (secondary N) is 1. The average molecular weight is 231 g/mol. The highest BCUT2D eigenvalue weighted by Crippen LogP contribution is 2.38. The Morgan fingerprint density at radius 1 is 1.35 bits per heavy atom. The van der Waals surface area contributed by atoms with Crippen LogP contribution in [-0.2, 0) is 6.54 Å². The number of aromatic nitrogens is 1. The van der Waals surface area contributed by atoms with Gasteiger partial charge in [-0.25, -0.2) is 4.98 Å². The monoisotopic (exact) mass is 231 g/mol. The largest absolute Gasteiger partial charge is 0.373 e. The van der Waals surface area contributed by atoms with Gasteiger partial charge in [-0.3, -0.25) is 4.90 Å². The smallest absolute Gasteiger partial charge is 0.125 e. The Labute approximate surface area is 103 Å². The minimum Gasteiger partial charge on any atom is -0.373 e. The quantitative estimate of drug-likeness (QED) is 0.865. The molecule has 0 radical (unpaired) electrons. The van der Waals surface area contributed by atoms with Gasteiger partial charge in [0.1, 0.15) is 5.82 Å². The summed E-state index contributed by atoms with van der Waals surface area (Å²) in [6, 6.07) is 4.29. The molecule has 1 saturated carbocycles. The summed E-state index contributed by atoms with van der Waals surface area (Å²) in [6.07, 6.45) is 6.28. The Hall–Kier alpha value is -1.09. The molecule has 2 atom stereocenters. The first-order valence-corrected chi connectivity index (χ1v) is 6.70. The first-order valence-electron chi connectivity index (χ1n) is 6.70. The molecular weight excluding hydrogens is 210 g/mol. The van der Waals surface area contributed by atoms with Crippen LogP contribution in [0.3, 0.4) is 0 Å². The van der Waals surface area contributed by atoms with Crippen LogP contribution in [0.2, 0.25) is 0 Å². The fraction of sp³-hybridized carbons (Fsp3) is 0.643. The summed E-state index contributed by atoms with van der Waals surface area (Å²) in [5, 5.41) is 3.10. The summed E-state index contributed by atoms with van der Waals surface area (Å²) in [5.41, 5.74) is 1.38. The van der Waals surface area contributed by atoms with E-state index in [0.717, 1.165) is 24.2 Å². The molecular formula is C14H21N3. The molecule has 3 nitrogen and oxygen atoms in total. The van der Waals surface area contributed by atoms with Gasteiger partial charge in [-0.05, 0) is 42.4 Å². The van der Waals surface area contributed by atoms with E-state index >= 15 is 0 Å². The standard InChI is InChI=1S/C14H21N3/c1-15-14-7-11(5-6-16-14)8-17-9-12-3-2-4-13(12)10-17/h5-7,12-13H,2-4,8-10H2,1H3,(H,15,16). The second-order valence-corrected chi connectivity index (χ2v) is 5.44. The number of nitrogens with zero attached hydrogens (tertiary/aromatic N) is 2. The molecule has 17 heavy (non-hydrogen) atoms. The van der Waals surface area contributed by atoms with E-state index in [1.54, 1.807) is 0 Å². The molecule has 2 unspecified atom stereocenters. The third-order valence-corrected chi connectivity index (χ3v) is 4.29. The Balaban J connectivity index is 1.63. The minimum absolute atomic E-state index is 0.974. The van der Waals surface area contributed by atoms with Crippen LogP contribution in [-0.4, -0.2) is 30.0 Å². The average Bonchev–Trinajstić information content (AvgIpc) is 2.90. The van der Waals surface area contributed by atoms with E-state index < -0.39 is 0 Å². The highest BCUT2D eigenvalue weighted by molar-refractivity contribution is 5.36. The van der Waals surface area contributed by atoms with Gasteiger partial charge in [-0.15, -0.1) is 0 Å². The van der Waals surface area contributed by atoms with E-state index in [4.69, 9.17) is 0 Å². The fourth-order valence-corrected chi connectivity index (χ4v) is 3.43. The Bertz CT molecular complexity index is 379. The van der Waals surface area contributed by atoms with Crippen molar-refractivity contribution in [2.24, 2.45) is 11.8 Å². The Morgan fingerprint density at radius 2 is 2.12 bits per heavy atom. The van der Waals surface area contributed by atoms with Crippen molar-refractivity contribution < 1.29 is 0 Å². The highest BCUT2D eigenvalue weighted by atomic mass is 15.2. The molecule has 1 aromatic rings. The molecule has 3 rings (SSSR count). The van der Waals surface area contributed by atoms with E-state index in [-0.39, 0.29) is 0 Å². The van der Waals surface area contributed by atoms with Crippen LogP contribution in [0.5, 0.6) is 0 Å². The lowest BCUT2D eigenvalue weighted by atomic mass is 10.0. The second kappa shape index (κ2) is 4.65. The van der Waals surface area contributed by atoms with Crippen LogP contribution in [0.25, 0.3) is 0 Å². The zero-order valence-electron chi connectivity index (χ0n) is 10.5. The Morgan fingerprint density at radius 3 is 2.82 bits per heavy atom. The lowest BCUT2D eigenvalue weighted by molar-refractivity contribution is 0.303.